The SMILES string of the molecule is c1ccc(-c2ccc(N(c3ccc4c(c3)c3ccccc3n4-c3ccccc3)c3c4ccccc4c(-c4ccccc4)c4ccccc34)cc2)cc1. The van der Waals surface area contributed by atoms with Crippen LogP contribution in [0.1, 0.15) is 0 Å². The molecule has 0 bridgehead atoms. The maximum Gasteiger partial charge on any atom is 0.0618 e. The minimum Gasteiger partial charge on any atom is -0.309 e. The van der Waals surface area contributed by atoms with Crippen LogP contribution in [0.15, 0.2) is 206 Å². The van der Waals surface area contributed by atoms with Crippen molar-refractivity contribution in [1.29, 1.82) is 0 Å². The highest BCUT2D eigenvalue weighted by atomic mass is 15.1. The van der Waals surface area contributed by atoms with Crippen LogP contribution in [-0.2, 0) is 0 Å². The fourth-order valence-electron chi connectivity index (χ4n) is 8.06. The molecule has 2 heteroatoms. The van der Waals surface area contributed by atoms with Crippen LogP contribution in [0.2, 0.25) is 0 Å². The Morgan fingerprint density at radius 2 is 0.769 bits per heavy atom. The normalized spacial score (nSPS) is 11.5. The molecule has 0 aliphatic heterocycles. The predicted molar refractivity (Wildman–Crippen MR) is 221 cm³/mol. The summed E-state index contributed by atoms with van der Waals surface area (Å²) in [4.78, 5) is 2.47. The molecule has 2 nitrogen and oxygen atoms in total. The van der Waals surface area contributed by atoms with Crippen molar-refractivity contribution in [2.45, 2.75) is 0 Å². The molecule has 0 N–H and O–H groups in total. The van der Waals surface area contributed by atoms with Gasteiger partial charge in [-0.2, -0.15) is 0 Å². The zero-order chi connectivity index (χ0) is 34.4. The first-order chi connectivity index (χ1) is 25.8. The van der Waals surface area contributed by atoms with Crippen LogP contribution in [0.3, 0.4) is 0 Å². The molecule has 0 aliphatic rings. The Morgan fingerprint density at radius 1 is 0.308 bits per heavy atom. The number of rotatable bonds is 6. The molecular formula is C50H34N2. The molecule has 0 radical (unpaired) electrons. The van der Waals surface area contributed by atoms with Crippen molar-refractivity contribution in [2.75, 3.05) is 4.90 Å². The molecule has 0 aliphatic carbocycles. The van der Waals surface area contributed by atoms with Gasteiger partial charge in [-0.15, -0.1) is 0 Å². The highest BCUT2D eigenvalue weighted by molar-refractivity contribution is 6.22. The van der Waals surface area contributed by atoms with Crippen LogP contribution in [0.25, 0.3) is 71.3 Å². The number of nitrogens with zero attached hydrogens (tertiary/aromatic N) is 2. The highest BCUT2D eigenvalue weighted by Crippen LogP contribution is 2.49. The maximum atomic E-state index is 2.47. The van der Waals surface area contributed by atoms with Crippen LogP contribution in [0.5, 0.6) is 0 Å². The summed E-state index contributed by atoms with van der Waals surface area (Å²) in [7, 11) is 0. The van der Waals surface area contributed by atoms with E-state index in [0.717, 1.165) is 17.1 Å². The van der Waals surface area contributed by atoms with Crippen molar-refractivity contribution in [2.24, 2.45) is 0 Å². The lowest BCUT2D eigenvalue weighted by atomic mass is 9.90. The van der Waals surface area contributed by atoms with E-state index in [4.69, 9.17) is 0 Å². The van der Waals surface area contributed by atoms with E-state index in [1.807, 2.05) is 0 Å². The van der Waals surface area contributed by atoms with E-state index in [-0.39, 0.29) is 0 Å². The fraction of sp³-hybridized carbons (Fsp3) is 0. The quantitative estimate of drug-likeness (QED) is 0.161. The molecule has 9 aromatic carbocycles. The summed E-state index contributed by atoms with van der Waals surface area (Å²) < 4.78 is 2.38. The number of fused-ring (bicyclic) bond motifs is 5. The molecule has 0 saturated heterocycles. The number of anilines is 3. The average Bonchev–Trinajstić information content (AvgIpc) is 3.56. The van der Waals surface area contributed by atoms with Gasteiger partial charge in [-0.05, 0) is 81.6 Å². The van der Waals surface area contributed by atoms with Crippen molar-refractivity contribution >= 4 is 60.4 Å². The lowest BCUT2D eigenvalue weighted by Crippen LogP contribution is -2.11. The van der Waals surface area contributed by atoms with Gasteiger partial charge in [0.1, 0.15) is 0 Å². The number of benzene rings is 9. The van der Waals surface area contributed by atoms with E-state index in [2.05, 4.69) is 216 Å². The Kier molecular flexibility index (Phi) is 7.18. The third-order valence-electron chi connectivity index (χ3n) is 10.4. The van der Waals surface area contributed by atoms with E-state index in [0.29, 0.717) is 0 Å². The Bertz CT molecular complexity index is 2810. The Labute approximate surface area is 303 Å². The lowest BCUT2D eigenvalue weighted by Gasteiger charge is -2.30. The molecule has 0 fully saturated rings. The molecule has 0 amide bonds. The van der Waals surface area contributed by atoms with Gasteiger partial charge in [0.15, 0.2) is 0 Å². The molecule has 1 heterocycles. The summed E-state index contributed by atoms with van der Waals surface area (Å²) in [6.07, 6.45) is 0. The van der Waals surface area contributed by atoms with E-state index >= 15 is 0 Å². The average molecular weight is 663 g/mol. The summed E-state index contributed by atoms with van der Waals surface area (Å²) in [5.74, 6) is 0. The molecule has 10 aromatic rings. The molecule has 10 rings (SSSR count). The fourth-order valence-corrected chi connectivity index (χ4v) is 8.06. The number of hydrogen-bond acceptors (Lipinski definition) is 1. The van der Waals surface area contributed by atoms with E-state index < -0.39 is 0 Å². The standard InChI is InChI=1S/C50H34N2/c1-4-16-35(17-5-1)36-28-30-39(31-29-36)51(40-32-33-48-46(34-40)41-22-14-15-27-47(41)52(48)38-20-8-3-9-21-38)50-44-25-12-10-23-42(44)49(37-18-6-2-7-19-37)43-24-11-13-26-45(43)50/h1-34H. The summed E-state index contributed by atoms with van der Waals surface area (Å²) in [6.45, 7) is 0. The predicted octanol–water partition coefficient (Wildman–Crippen LogP) is 13.9. The van der Waals surface area contributed by atoms with Gasteiger partial charge in [0, 0.05) is 38.6 Å². The van der Waals surface area contributed by atoms with Gasteiger partial charge in [-0.1, -0.05) is 158 Å². The molecule has 0 spiro atoms. The summed E-state index contributed by atoms with van der Waals surface area (Å²) in [5.41, 5.74) is 11.8. The van der Waals surface area contributed by atoms with Gasteiger partial charge < -0.3 is 9.47 Å². The lowest BCUT2D eigenvalue weighted by molar-refractivity contribution is 1.18. The molecule has 0 saturated carbocycles. The second-order valence-electron chi connectivity index (χ2n) is 13.3. The topological polar surface area (TPSA) is 8.17 Å². The molecule has 244 valence electrons. The Morgan fingerprint density at radius 3 is 1.40 bits per heavy atom. The summed E-state index contributed by atoms with van der Waals surface area (Å²) >= 11 is 0. The third kappa shape index (κ3) is 4.88. The summed E-state index contributed by atoms with van der Waals surface area (Å²) in [5, 5.41) is 7.33. The van der Waals surface area contributed by atoms with Gasteiger partial charge in [0.2, 0.25) is 0 Å². The van der Waals surface area contributed by atoms with Crippen molar-refractivity contribution in [3.63, 3.8) is 0 Å². The van der Waals surface area contributed by atoms with Crippen LogP contribution < -0.4 is 4.90 Å². The Balaban J connectivity index is 1.28. The largest absolute Gasteiger partial charge is 0.309 e. The van der Waals surface area contributed by atoms with E-state index in [9.17, 15) is 0 Å². The maximum absolute atomic E-state index is 2.47. The van der Waals surface area contributed by atoms with Crippen LogP contribution in [-0.4, -0.2) is 4.57 Å². The van der Waals surface area contributed by atoms with Gasteiger partial charge in [-0.25, -0.2) is 0 Å². The zero-order valence-electron chi connectivity index (χ0n) is 28.5. The number of aromatic nitrogens is 1. The highest BCUT2D eigenvalue weighted by Gasteiger charge is 2.23. The van der Waals surface area contributed by atoms with Crippen molar-refractivity contribution < 1.29 is 0 Å². The van der Waals surface area contributed by atoms with Gasteiger partial charge >= 0.3 is 0 Å². The minimum absolute atomic E-state index is 1.11. The minimum atomic E-state index is 1.11. The van der Waals surface area contributed by atoms with Crippen LogP contribution in [0, 0.1) is 0 Å². The molecule has 0 atom stereocenters. The van der Waals surface area contributed by atoms with Crippen molar-refractivity contribution in [1.82, 2.24) is 4.57 Å². The van der Waals surface area contributed by atoms with Gasteiger partial charge in [-0.3, -0.25) is 0 Å². The molecular weight excluding hydrogens is 629 g/mol. The van der Waals surface area contributed by atoms with E-state index in [1.54, 1.807) is 0 Å². The monoisotopic (exact) mass is 662 g/mol. The van der Waals surface area contributed by atoms with Crippen molar-refractivity contribution in [3.8, 4) is 27.9 Å². The molecule has 0 unspecified atom stereocenters. The first-order valence-corrected chi connectivity index (χ1v) is 17.9. The molecule has 52 heavy (non-hydrogen) atoms. The van der Waals surface area contributed by atoms with Gasteiger partial charge in [0.25, 0.3) is 0 Å². The first kappa shape index (κ1) is 30.0. The second kappa shape index (κ2) is 12.5. The van der Waals surface area contributed by atoms with E-state index in [1.165, 1.54) is 71.3 Å². The zero-order valence-corrected chi connectivity index (χ0v) is 28.5. The molecule has 1 aromatic heterocycles. The smallest absolute Gasteiger partial charge is 0.0618 e. The van der Waals surface area contributed by atoms with Crippen LogP contribution in [0.4, 0.5) is 17.1 Å². The number of para-hydroxylation sites is 2. The first-order valence-electron chi connectivity index (χ1n) is 17.9. The number of hydrogen-bond donors (Lipinski definition) is 0. The summed E-state index contributed by atoms with van der Waals surface area (Å²) in [6, 6.07) is 74.7. The van der Waals surface area contributed by atoms with Crippen LogP contribution >= 0.6 is 0 Å². The second-order valence-corrected chi connectivity index (χ2v) is 13.3. The van der Waals surface area contributed by atoms with Crippen molar-refractivity contribution in [3.05, 3.63) is 206 Å². The Hall–Kier alpha value is -6.90. The third-order valence-corrected chi connectivity index (χ3v) is 10.4. The van der Waals surface area contributed by atoms with Gasteiger partial charge in [0.05, 0.1) is 16.7 Å².